The van der Waals surface area contributed by atoms with Crippen LogP contribution >= 0.6 is 0 Å². The van der Waals surface area contributed by atoms with Gasteiger partial charge in [0.05, 0.1) is 20.1 Å². The summed E-state index contributed by atoms with van der Waals surface area (Å²) in [4.78, 5) is 27.7. The van der Waals surface area contributed by atoms with E-state index in [9.17, 15) is 14.0 Å². The predicted molar refractivity (Wildman–Crippen MR) is 125 cm³/mol. The van der Waals surface area contributed by atoms with Crippen LogP contribution in [0.15, 0.2) is 36.4 Å². The van der Waals surface area contributed by atoms with Gasteiger partial charge in [-0.1, -0.05) is 12.1 Å². The number of hydrogen-bond donors (Lipinski definition) is 2. The van der Waals surface area contributed by atoms with Crippen molar-refractivity contribution in [2.45, 2.75) is 39.2 Å². The summed E-state index contributed by atoms with van der Waals surface area (Å²) in [7, 11) is 3.09. The number of hydrogen-bond acceptors (Lipinski definition) is 4. The van der Waals surface area contributed by atoms with Crippen LogP contribution < -0.4 is 20.1 Å². The number of likely N-dealkylation sites (tertiary alicyclic amines) is 1. The Morgan fingerprint density at radius 3 is 2.30 bits per heavy atom. The Morgan fingerprint density at radius 2 is 1.73 bits per heavy atom. The van der Waals surface area contributed by atoms with E-state index in [1.54, 1.807) is 56.4 Å². The van der Waals surface area contributed by atoms with E-state index >= 15 is 0 Å². The van der Waals surface area contributed by atoms with Gasteiger partial charge in [0.2, 0.25) is 5.91 Å². The number of benzene rings is 2. The zero-order valence-electron chi connectivity index (χ0n) is 19.8. The molecule has 0 aromatic heterocycles. The molecule has 1 aliphatic rings. The number of halogens is 1. The summed E-state index contributed by atoms with van der Waals surface area (Å²) in [6.07, 6.45) is 0.545. The second kappa shape index (κ2) is 10.6. The minimum atomic E-state index is -0.441. The molecule has 2 atom stereocenters. The number of carbonyl (C=O) groups is 2. The third-order valence-corrected chi connectivity index (χ3v) is 5.79. The highest BCUT2D eigenvalue weighted by Gasteiger charge is 2.35. The fourth-order valence-electron chi connectivity index (χ4n) is 4.08. The normalized spacial score (nSPS) is 18.1. The lowest BCUT2D eigenvalue weighted by Crippen LogP contribution is -2.51. The highest BCUT2D eigenvalue weighted by atomic mass is 19.1. The Bertz CT molecular complexity index is 989. The Labute approximate surface area is 194 Å². The van der Waals surface area contributed by atoms with Gasteiger partial charge in [0.15, 0.2) is 0 Å². The highest BCUT2D eigenvalue weighted by Crippen LogP contribution is 2.33. The molecule has 2 N–H and O–H groups in total. The Kier molecular flexibility index (Phi) is 7.79. The Hall–Kier alpha value is -3.29. The number of ether oxygens (including phenoxy) is 2. The van der Waals surface area contributed by atoms with E-state index in [1.807, 2.05) is 13.8 Å². The van der Waals surface area contributed by atoms with Gasteiger partial charge < -0.3 is 25.0 Å². The van der Waals surface area contributed by atoms with Crippen molar-refractivity contribution in [3.8, 4) is 11.5 Å². The third kappa shape index (κ3) is 6.15. The smallest absolute Gasteiger partial charge is 0.317 e. The zero-order chi connectivity index (χ0) is 24.1. The molecule has 1 heterocycles. The largest absolute Gasteiger partial charge is 0.497 e. The van der Waals surface area contributed by atoms with Crippen molar-refractivity contribution >= 4 is 17.6 Å². The number of nitrogens with zero attached hydrogens (tertiary/aromatic N) is 1. The number of rotatable bonds is 6. The van der Waals surface area contributed by atoms with E-state index in [2.05, 4.69) is 10.6 Å². The minimum Gasteiger partial charge on any atom is -0.497 e. The summed E-state index contributed by atoms with van der Waals surface area (Å²) in [5.41, 5.74) is 2.01. The lowest BCUT2D eigenvalue weighted by Gasteiger charge is -2.38. The fraction of sp³-hybridized carbons (Fsp3) is 0.440. The maximum absolute atomic E-state index is 13.8. The summed E-state index contributed by atoms with van der Waals surface area (Å²) in [6, 6.07) is 9.89. The van der Waals surface area contributed by atoms with Gasteiger partial charge >= 0.3 is 6.03 Å². The molecule has 7 nitrogen and oxygen atoms in total. The van der Waals surface area contributed by atoms with Crippen molar-refractivity contribution in [1.29, 1.82) is 0 Å². The first kappa shape index (κ1) is 24.4. The van der Waals surface area contributed by atoms with Crippen molar-refractivity contribution < 1.29 is 23.5 Å². The zero-order valence-corrected chi connectivity index (χ0v) is 19.8. The van der Waals surface area contributed by atoms with Crippen molar-refractivity contribution in [2.24, 2.45) is 5.92 Å². The standard InChI is InChI=1S/C25H32FN3O4/c1-15(2)27-25(31)29-13-18(17-6-7-23(26)16(3)8-17)9-19(14-29)24(30)28-20-10-21(32-4)12-22(11-20)33-5/h6-8,10-12,15,18-19H,9,13-14H2,1-5H3,(H,27,31)(H,28,30). The van der Waals surface area contributed by atoms with Gasteiger partial charge in [0, 0.05) is 48.9 Å². The molecule has 8 heteroatoms. The quantitative estimate of drug-likeness (QED) is 0.677. The molecule has 0 spiro atoms. The van der Waals surface area contributed by atoms with Crippen molar-refractivity contribution in [3.63, 3.8) is 0 Å². The van der Waals surface area contributed by atoms with Gasteiger partial charge in [-0.2, -0.15) is 0 Å². The Morgan fingerprint density at radius 1 is 1.06 bits per heavy atom. The number of aryl methyl sites for hydroxylation is 1. The molecule has 1 fully saturated rings. The van der Waals surface area contributed by atoms with Crippen LogP contribution in [0.3, 0.4) is 0 Å². The molecule has 1 aliphatic heterocycles. The van der Waals surface area contributed by atoms with E-state index in [4.69, 9.17) is 9.47 Å². The topological polar surface area (TPSA) is 79.9 Å². The molecule has 2 unspecified atom stereocenters. The molecule has 0 aliphatic carbocycles. The number of amides is 3. The van der Waals surface area contributed by atoms with Crippen LogP contribution in [0.5, 0.6) is 11.5 Å². The SMILES string of the molecule is COc1cc(NC(=O)C2CC(c3ccc(F)c(C)c3)CN(C(=O)NC(C)C)C2)cc(OC)c1. The van der Waals surface area contributed by atoms with Crippen LogP contribution in [-0.2, 0) is 4.79 Å². The lowest BCUT2D eigenvalue weighted by molar-refractivity contribution is -0.121. The first-order valence-electron chi connectivity index (χ1n) is 11.1. The molecule has 0 radical (unpaired) electrons. The molecular formula is C25H32FN3O4. The van der Waals surface area contributed by atoms with Crippen LogP contribution in [0.1, 0.15) is 37.3 Å². The molecular weight excluding hydrogens is 425 g/mol. The molecule has 3 rings (SSSR count). The third-order valence-electron chi connectivity index (χ3n) is 5.79. The second-order valence-corrected chi connectivity index (χ2v) is 8.74. The van der Waals surface area contributed by atoms with Gasteiger partial charge in [-0.25, -0.2) is 9.18 Å². The van der Waals surface area contributed by atoms with Crippen LogP contribution in [0.4, 0.5) is 14.9 Å². The number of nitrogens with one attached hydrogen (secondary N) is 2. The monoisotopic (exact) mass is 457 g/mol. The molecule has 2 aromatic carbocycles. The molecule has 1 saturated heterocycles. The van der Waals surface area contributed by atoms with E-state index in [-0.39, 0.29) is 29.7 Å². The summed E-state index contributed by atoms with van der Waals surface area (Å²) in [6.45, 7) is 6.25. The summed E-state index contributed by atoms with van der Waals surface area (Å²) < 4.78 is 24.4. The van der Waals surface area contributed by atoms with Crippen molar-refractivity contribution in [1.82, 2.24) is 10.2 Å². The Balaban J connectivity index is 1.84. The molecule has 2 aromatic rings. The fourth-order valence-corrected chi connectivity index (χ4v) is 4.08. The van der Waals surface area contributed by atoms with Gasteiger partial charge in [0.25, 0.3) is 0 Å². The molecule has 178 valence electrons. The number of urea groups is 1. The van der Waals surface area contributed by atoms with E-state index in [0.717, 1.165) is 5.56 Å². The molecule has 0 saturated carbocycles. The van der Waals surface area contributed by atoms with Crippen molar-refractivity contribution in [3.05, 3.63) is 53.3 Å². The second-order valence-electron chi connectivity index (χ2n) is 8.74. The van der Waals surface area contributed by atoms with E-state index in [1.165, 1.54) is 6.07 Å². The lowest BCUT2D eigenvalue weighted by atomic mass is 9.83. The number of anilines is 1. The first-order valence-corrected chi connectivity index (χ1v) is 11.1. The van der Waals surface area contributed by atoms with E-state index in [0.29, 0.717) is 42.3 Å². The summed E-state index contributed by atoms with van der Waals surface area (Å²) in [5.74, 6) is 0.119. The van der Waals surface area contributed by atoms with Crippen LogP contribution in [0.2, 0.25) is 0 Å². The molecule has 3 amide bonds. The van der Waals surface area contributed by atoms with Crippen LogP contribution in [-0.4, -0.2) is 50.2 Å². The van der Waals surface area contributed by atoms with Gasteiger partial charge in [-0.15, -0.1) is 0 Å². The van der Waals surface area contributed by atoms with Crippen molar-refractivity contribution in [2.75, 3.05) is 32.6 Å². The highest BCUT2D eigenvalue weighted by molar-refractivity contribution is 5.93. The van der Waals surface area contributed by atoms with E-state index < -0.39 is 5.92 Å². The molecule has 33 heavy (non-hydrogen) atoms. The molecule has 0 bridgehead atoms. The first-order chi connectivity index (χ1) is 15.7. The maximum Gasteiger partial charge on any atom is 0.317 e. The van der Waals surface area contributed by atoms with Gasteiger partial charge in [0.1, 0.15) is 17.3 Å². The minimum absolute atomic E-state index is 0.0255. The average molecular weight is 458 g/mol. The summed E-state index contributed by atoms with van der Waals surface area (Å²) in [5, 5.41) is 5.84. The predicted octanol–water partition coefficient (Wildman–Crippen LogP) is 4.31. The van der Waals surface area contributed by atoms with Crippen LogP contribution in [0.25, 0.3) is 0 Å². The number of piperidine rings is 1. The average Bonchev–Trinajstić information content (AvgIpc) is 2.79. The summed E-state index contributed by atoms with van der Waals surface area (Å²) >= 11 is 0. The number of carbonyl (C=O) groups excluding carboxylic acids is 2. The van der Waals surface area contributed by atoms with Gasteiger partial charge in [-0.3, -0.25) is 4.79 Å². The van der Waals surface area contributed by atoms with Gasteiger partial charge in [-0.05, 0) is 44.4 Å². The maximum atomic E-state index is 13.8. The number of methoxy groups -OCH3 is 2. The van der Waals surface area contributed by atoms with Crippen LogP contribution in [0, 0.1) is 18.7 Å².